The van der Waals surface area contributed by atoms with Gasteiger partial charge in [-0.1, -0.05) is 6.92 Å². The molecule has 1 atom stereocenters. The van der Waals surface area contributed by atoms with E-state index in [2.05, 4.69) is 23.5 Å². The molecule has 0 fully saturated rings. The molecule has 1 amide bonds. The van der Waals surface area contributed by atoms with Crippen molar-refractivity contribution in [1.29, 1.82) is 0 Å². The standard InChI is InChI=1S/C11H17N3OS/c1-8(7-16-2)5-14-11(15)9-3-4-13-6-10(9)12/h3-4,6,8H,5,7,12H2,1-2H3,(H,14,15). The van der Waals surface area contributed by atoms with Crippen LogP contribution in [-0.4, -0.2) is 29.4 Å². The second kappa shape index (κ2) is 6.37. The minimum atomic E-state index is -0.132. The number of nitrogens with two attached hydrogens (primary N) is 1. The number of anilines is 1. The van der Waals surface area contributed by atoms with E-state index in [9.17, 15) is 4.79 Å². The molecule has 0 bridgehead atoms. The summed E-state index contributed by atoms with van der Waals surface area (Å²) in [6.07, 6.45) is 5.11. The van der Waals surface area contributed by atoms with Crippen LogP contribution in [0.3, 0.4) is 0 Å². The molecule has 0 saturated carbocycles. The van der Waals surface area contributed by atoms with Crippen LogP contribution < -0.4 is 11.1 Å². The van der Waals surface area contributed by atoms with E-state index >= 15 is 0 Å². The number of carbonyl (C=O) groups is 1. The van der Waals surface area contributed by atoms with Gasteiger partial charge in [-0.3, -0.25) is 9.78 Å². The summed E-state index contributed by atoms with van der Waals surface area (Å²) in [4.78, 5) is 15.6. The molecule has 5 heteroatoms. The number of aromatic nitrogens is 1. The highest BCUT2D eigenvalue weighted by molar-refractivity contribution is 7.98. The molecule has 0 aliphatic rings. The van der Waals surface area contributed by atoms with Gasteiger partial charge in [0.25, 0.3) is 5.91 Å². The Morgan fingerprint density at radius 1 is 1.69 bits per heavy atom. The molecule has 88 valence electrons. The predicted octanol–water partition coefficient (Wildman–Crippen LogP) is 1.39. The number of carbonyl (C=O) groups excluding carboxylic acids is 1. The molecule has 1 unspecified atom stereocenters. The van der Waals surface area contributed by atoms with Crippen molar-refractivity contribution in [3.63, 3.8) is 0 Å². The van der Waals surface area contributed by atoms with Crippen molar-refractivity contribution in [3.8, 4) is 0 Å². The van der Waals surface area contributed by atoms with Crippen LogP contribution in [0.2, 0.25) is 0 Å². The maximum atomic E-state index is 11.7. The van der Waals surface area contributed by atoms with E-state index < -0.39 is 0 Å². The first-order valence-electron chi connectivity index (χ1n) is 5.11. The Hall–Kier alpha value is -1.23. The van der Waals surface area contributed by atoms with Crippen LogP contribution in [0.25, 0.3) is 0 Å². The lowest BCUT2D eigenvalue weighted by atomic mass is 10.2. The minimum absolute atomic E-state index is 0.132. The fraction of sp³-hybridized carbons (Fsp3) is 0.455. The number of hydrogen-bond acceptors (Lipinski definition) is 4. The van der Waals surface area contributed by atoms with Gasteiger partial charge in [0.2, 0.25) is 0 Å². The Labute approximate surface area is 100 Å². The maximum Gasteiger partial charge on any atom is 0.253 e. The molecular weight excluding hydrogens is 222 g/mol. The van der Waals surface area contributed by atoms with Crippen molar-refractivity contribution in [2.24, 2.45) is 5.92 Å². The Bertz CT molecular complexity index is 357. The fourth-order valence-corrected chi connectivity index (χ4v) is 2.01. The van der Waals surface area contributed by atoms with Crippen molar-refractivity contribution in [1.82, 2.24) is 10.3 Å². The zero-order valence-electron chi connectivity index (χ0n) is 9.56. The summed E-state index contributed by atoms with van der Waals surface area (Å²) in [5.74, 6) is 1.36. The molecule has 0 spiro atoms. The summed E-state index contributed by atoms with van der Waals surface area (Å²) in [6.45, 7) is 2.77. The first-order chi connectivity index (χ1) is 7.65. The smallest absolute Gasteiger partial charge is 0.253 e. The van der Waals surface area contributed by atoms with Crippen LogP contribution in [0.4, 0.5) is 5.69 Å². The lowest BCUT2D eigenvalue weighted by molar-refractivity contribution is 0.0950. The van der Waals surface area contributed by atoms with Crippen LogP contribution >= 0.6 is 11.8 Å². The average molecular weight is 239 g/mol. The number of nitrogens with zero attached hydrogens (tertiary/aromatic N) is 1. The second-order valence-corrected chi connectivity index (χ2v) is 4.64. The van der Waals surface area contributed by atoms with Crippen molar-refractivity contribution in [3.05, 3.63) is 24.0 Å². The Balaban J connectivity index is 2.50. The zero-order valence-corrected chi connectivity index (χ0v) is 10.4. The van der Waals surface area contributed by atoms with E-state index in [4.69, 9.17) is 5.73 Å². The predicted molar refractivity (Wildman–Crippen MR) is 68.5 cm³/mol. The first-order valence-corrected chi connectivity index (χ1v) is 6.51. The van der Waals surface area contributed by atoms with Gasteiger partial charge in [-0.15, -0.1) is 0 Å². The molecule has 0 saturated heterocycles. The molecule has 16 heavy (non-hydrogen) atoms. The molecule has 1 aromatic heterocycles. The normalized spacial score (nSPS) is 12.1. The third kappa shape index (κ3) is 3.73. The van der Waals surface area contributed by atoms with Crippen molar-refractivity contribution in [2.75, 3.05) is 24.3 Å². The van der Waals surface area contributed by atoms with Gasteiger partial charge in [0.15, 0.2) is 0 Å². The van der Waals surface area contributed by atoms with Gasteiger partial charge in [-0.2, -0.15) is 11.8 Å². The molecule has 0 aliphatic heterocycles. The summed E-state index contributed by atoms with van der Waals surface area (Å²) in [5.41, 5.74) is 6.57. The number of nitrogens with one attached hydrogen (secondary N) is 1. The summed E-state index contributed by atoms with van der Waals surface area (Å²) < 4.78 is 0. The number of pyridine rings is 1. The zero-order chi connectivity index (χ0) is 12.0. The Kier molecular flexibility index (Phi) is 5.11. The lowest BCUT2D eigenvalue weighted by Crippen LogP contribution is -2.29. The number of hydrogen-bond donors (Lipinski definition) is 2. The van der Waals surface area contributed by atoms with Crippen LogP contribution in [-0.2, 0) is 0 Å². The van der Waals surface area contributed by atoms with Crippen LogP contribution in [0.1, 0.15) is 17.3 Å². The topological polar surface area (TPSA) is 68.0 Å². The van der Waals surface area contributed by atoms with Crippen molar-refractivity contribution in [2.45, 2.75) is 6.92 Å². The van der Waals surface area contributed by atoms with E-state index in [0.29, 0.717) is 23.7 Å². The van der Waals surface area contributed by atoms with Gasteiger partial charge < -0.3 is 11.1 Å². The lowest BCUT2D eigenvalue weighted by Gasteiger charge is -2.11. The molecule has 0 aliphatic carbocycles. The molecule has 0 aromatic carbocycles. The van der Waals surface area contributed by atoms with E-state index in [-0.39, 0.29) is 5.91 Å². The fourth-order valence-electron chi connectivity index (χ4n) is 1.32. The number of thioether (sulfide) groups is 1. The van der Waals surface area contributed by atoms with Crippen LogP contribution in [0, 0.1) is 5.92 Å². The van der Waals surface area contributed by atoms with Crippen molar-refractivity contribution >= 4 is 23.4 Å². The third-order valence-corrected chi connectivity index (χ3v) is 3.06. The summed E-state index contributed by atoms with van der Waals surface area (Å²) in [6, 6.07) is 1.63. The van der Waals surface area contributed by atoms with Gasteiger partial charge >= 0.3 is 0 Å². The maximum absolute atomic E-state index is 11.7. The van der Waals surface area contributed by atoms with Gasteiger partial charge in [-0.05, 0) is 24.0 Å². The first kappa shape index (κ1) is 12.8. The largest absolute Gasteiger partial charge is 0.397 e. The summed E-state index contributed by atoms with van der Waals surface area (Å²) >= 11 is 1.77. The molecular formula is C11H17N3OS. The molecule has 4 nitrogen and oxygen atoms in total. The SMILES string of the molecule is CSCC(C)CNC(=O)c1ccncc1N. The quantitative estimate of drug-likeness (QED) is 0.815. The molecule has 1 aromatic rings. The average Bonchev–Trinajstić information content (AvgIpc) is 2.27. The van der Waals surface area contributed by atoms with E-state index in [0.717, 1.165) is 5.75 Å². The highest BCUT2D eigenvalue weighted by Crippen LogP contribution is 2.09. The number of amides is 1. The second-order valence-electron chi connectivity index (χ2n) is 3.73. The molecule has 1 rings (SSSR count). The number of nitrogen functional groups attached to an aromatic ring is 1. The van der Waals surface area contributed by atoms with Gasteiger partial charge in [-0.25, -0.2) is 0 Å². The third-order valence-electron chi connectivity index (χ3n) is 2.16. The van der Waals surface area contributed by atoms with E-state index in [1.807, 2.05) is 0 Å². The summed E-state index contributed by atoms with van der Waals surface area (Å²) in [5, 5.41) is 2.86. The highest BCUT2D eigenvalue weighted by Gasteiger charge is 2.10. The van der Waals surface area contributed by atoms with Crippen LogP contribution in [0.5, 0.6) is 0 Å². The molecule has 0 radical (unpaired) electrons. The van der Waals surface area contributed by atoms with Gasteiger partial charge in [0, 0.05) is 12.7 Å². The van der Waals surface area contributed by atoms with Crippen molar-refractivity contribution < 1.29 is 4.79 Å². The molecule has 3 N–H and O–H groups in total. The molecule has 1 heterocycles. The monoisotopic (exact) mass is 239 g/mol. The Morgan fingerprint density at radius 2 is 2.44 bits per heavy atom. The summed E-state index contributed by atoms with van der Waals surface area (Å²) in [7, 11) is 0. The van der Waals surface area contributed by atoms with Gasteiger partial charge in [0.1, 0.15) is 0 Å². The van der Waals surface area contributed by atoms with Gasteiger partial charge in [0.05, 0.1) is 17.4 Å². The van der Waals surface area contributed by atoms with E-state index in [1.54, 1.807) is 24.0 Å². The highest BCUT2D eigenvalue weighted by atomic mass is 32.2. The Morgan fingerprint density at radius 3 is 3.06 bits per heavy atom. The van der Waals surface area contributed by atoms with Crippen LogP contribution in [0.15, 0.2) is 18.5 Å². The number of rotatable bonds is 5. The van der Waals surface area contributed by atoms with E-state index in [1.165, 1.54) is 6.20 Å². The minimum Gasteiger partial charge on any atom is -0.397 e.